The summed E-state index contributed by atoms with van der Waals surface area (Å²) < 4.78 is 5.05. The number of methoxy groups -OCH3 is 1. The number of nitriles is 1. The molecule has 1 aromatic rings. The Kier molecular flexibility index (Phi) is 4.81. The number of aryl methyl sites for hydroxylation is 1. The van der Waals surface area contributed by atoms with Crippen molar-refractivity contribution in [1.29, 1.82) is 5.26 Å². The molecule has 2 unspecified atom stereocenters. The molecule has 0 aliphatic rings. The highest BCUT2D eigenvalue weighted by atomic mass is 16.5. The summed E-state index contributed by atoms with van der Waals surface area (Å²) in [5, 5.41) is 12.3. The van der Waals surface area contributed by atoms with Crippen LogP contribution in [0.3, 0.4) is 0 Å². The molecule has 0 aliphatic heterocycles. The van der Waals surface area contributed by atoms with E-state index in [4.69, 9.17) is 10.00 Å². The molecule has 0 bridgehead atoms. The SMILES string of the molecule is COCC(C)C(C#N)Nc1ccc(C)cc1. The monoisotopic (exact) mass is 218 g/mol. The first-order chi connectivity index (χ1) is 7.67. The van der Waals surface area contributed by atoms with Crippen molar-refractivity contribution in [2.24, 2.45) is 5.92 Å². The molecule has 0 spiro atoms. The van der Waals surface area contributed by atoms with E-state index >= 15 is 0 Å². The molecule has 0 aromatic heterocycles. The zero-order valence-corrected chi connectivity index (χ0v) is 10.0. The lowest BCUT2D eigenvalue weighted by atomic mass is 10.0. The van der Waals surface area contributed by atoms with Gasteiger partial charge in [0, 0.05) is 18.7 Å². The van der Waals surface area contributed by atoms with Crippen LogP contribution >= 0.6 is 0 Å². The van der Waals surface area contributed by atoms with Crippen LogP contribution in [0.15, 0.2) is 24.3 Å². The van der Waals surface area contributed by atoms with E-state index in [1.54, 1.807) is 7.11 Å². The molecule has 0 saturated heterocycles. The summed E-state index contributed by atoms with van der Waals surface area (Å²) in [5.74, 6) is 0.163. The van der Waals surface area contributed by atoms with Crippen LogP contribution in [0, 0.1) is 24.2 Å². The normalized spacial score (nSPS) is 13.9. The van der Waals surface area contributed by atoms with Crippen LogP contribution in [-0.4, -0.2) is 19.8 Å². The van der Waals surface area contributed by atoms with Gasteiger partial charge in [-0.25, -0.2) is 0 Å². The molecule has 0 amide bonds. The zero-order valence-electron chi connectivity index (χ0n) is 10.0. The van der Waals surface area contributed by atoms with Crippen molar-refractivity contribution in [3.8, 4) is 6.07 Å². The lowest BCUT2D eigenvalue weighted by Gasteiger charge is -2.19. The Labute approximate surface area is 97.0 Å². The second kappa shape index (κ2) is 6.14. The third kappa shape index (κ3) is 3.56. The lowest BCUT2D eigenvalue weighted by Crippen LogP contribution is -2.28. The van der Waals surface area contributed by atoms with E-state index in [9.17, 15) is 0 Å². The van der Waals surface area contributed by atoms with Crippen LogP contribution in [0.4, 0.5) is 5.69 Å². The average Bonchev–Trinajstić information content (AvgIpc) is 2.28. The summed E-state index contributed by atoms with van der Waals surface area (Å²) in [6.07, 6.45) is 0. The summed E-state index contributed by atoms with van der Waals surface area (Å²) in [7, 11) is 1.65. The minimum Gasteiger partial charge on any atom is -0.384 e. The zero-order chi connectivity index (χ0) is 12.0. The molecule has 86 valence electrons. The van der Waals surface area contributed by atoms with Crippen molar-refractivity contribution in [3.63, 3.8) is 0 Å². The van der Waals surface area contributed by atoms with Gasteiger partial charge in [-0.3, -0.25) is 0 Å². The number of ether oxygens (including phenoxy) is 1. The van der Waals surface area contributed by atoms with E-state index in [0.717, 1.165) is 5.69 Å². The summed E-state index contributed by atoms with van der Waals surface area (Å²) in [6, 6.07) is 10.1. The molecule has 3 heteroatoms. The number of benzene rings is 1. The molecule has 0 saturated carbocycles. The van der Waals surface area contributed by atoms with E-state index in [2.05, 4.69) is 11.4 Å². The Hall–Kier alpha value is -1.53. The van der Waals surface area contributed by atoms with E-state index < -0.39 is 0 Å². The fraction of sp³-hybridized carbons (Fsp3) is 0.462. The van der Waals surface area contributed by atoms with Gasteiger partial charge >= 0.3 is 0 Å². The fourth-order valence-electron chi connectivity index (χ4n) is 1.49. The van der Waals surface area contributed by atoms with Gasteiger partial charge in [0.25, 0.3) is 0 Å². The van der Waals surface area contributed by atoms with Crippen molar-refractivity contribution in [2.75, 3.05) is 19.0 Å². The van der Waals surface area contributed by atoms with Crippen LogP contribution in [0.25, 0.3) is 0 Å². The third-order valence-electron chi connectivity index (χ3n) is 2.51. The van der Waals surface area contributed by atoms with E-state index in [0.29, 0.717) is 6.61 Å². The summed E-state index contributed by atoms with van der Waals surface area (Å²) >= 11 is 0. The van der Waals surface area contributed by atoms with Gasteiger partial charge in [-0.15, -0.1) is 0 Å². The van der Waals surface area contributed by atoms with Gasteiger partial charge in [-0.05, 0) is 19.1 Å². The van der Waals surface area contributed by atoms with Crippen molar-refractivity contribution in [1.82, 2.24) is 0 Å². The lowest BCUT2D eigenvalue weighted by molar-refractivity contribution is 0.157. The highest BCUT2D eigenvalue weighted by Gasteiger charge is 2.15. The predicted octanol–water partition coefficient (Wildman–Crippen LogP) is 2.58. The number of nitrogens with one attached hydrogen (secondary N) is 1. The maximum atomic E-state index is 9.07. The third-order valence-corrected chi connectivity index (χ3v) is 2.51. The maximum Gasteiger partial charge on any atom is 0.119 e. The molecule has 0 radical (unpaired) electrons. The van der Waals surface area contributed by atoms with E-state index in [1.807, 2.05) is 38.1 Å². The molecule has 16 heavy (non-hydrogen) atoms. The van der Waals surface area contributed by atoms with Gasteiger partial charge in [-0.1, -0.05) is 24.6 Å². The molecule has 3 nitrogen and oxygen atoms in total. The summed E-state index contributed by atoms with van der Waals surface area (Å²) in [5.41, 5.74) is 2.18. The predicted molar refractivity (Wildman–Crippen MR) is 65.2 cm³/mol. The minimum atomic E-state index is -0.220. The minimum absolute atomic E-state index is 0.163. The Balaban J connectivity index is 2.63. The molecule has 1 rings (SSSR count). The van der Waals surface area contributed by atoms with Gasteiger partial charge in [0.15, 0.2) is 0 Å². The Morgan fingerprint density at radius 3 is 2.50 bits per heavy atom. The highest BCUT2D eigenvalue weighted by molar-refractivity contribution is 5.46. The molecular formula is C13H18N2O. The average molecular weight is 218 g/mol. The van der Waals surface area contributed by atoms with Crippen LogP contribution in [0.2, 0.25) is 0 Å². The van der Waals surface area contributed by atoms with E-state index in [-0.39, 0.29) is 12.0 Å². The van der Waals surface area contributed by atoms with E-state index in [1.165, 1.54) is 5.56 Å². The first-order valence-electron chi connectivity index (χ1n) is 5.39. The largest absolute Gasteiger partial charge is 0.384 e. The number of anilines is 1. The van der Waals surface area contributed by atoms with Gasteiger partial charge in [-0.2, -0.15) is 5.26 Å². The van der Waals surface area contributed by atoms with Gasteiger partial charge in [0.05, 0.1) is 12.7 Å². The number of hydrogen-bond donors (Lipinski definition) is 1. The second-order valence-electron chi connectivity index (χ2n) is 4.05. The quantitative estimate of drug-likeness (QED) is 0.826. The number of rotatable bonds is 5. The maximum absolute atomic E-state index is 9.07. The first-order valence-corrected chi connectivity index (χ1v) is 5.39. The highest BCUT2D eigenvalue weighted by Crippen LogP contribution is 2.13. The topological polar surface area (TPSA) is 45.0 Å². The van der Waals surface area contributed by atoms with Crippen LogP contribution < -0.4 is 5.32 Å². The molecule has 1 N–H and O–H groups in total. The molecule has 1 aromatic carbocycles. The van der Waals surface area contributed by atoms with Crippen molar-refractivity contribution >= 4 is 5.69 Å². The summed E-state index contributed by atoms with van der Waals surface area (Å²) in [6.45, 7) is 4.62. The number of hydrogen-bond acceptors (Lipinski definition) is 3. The smallest absolute Gasteiger partial charge is 0.119 e. The standard InChI is InChI=1S/C13H18N2O/c1-10-4-6-12(7-5-10)15-13(8-14)11(2)9-16-3/h4-7,11,13,15H,9H2,1-3H3. The van der Waals surface area contributed by atoms with Gasteiger partial charge in [0.2, 0.25) is 0 Å². The molecule has 0 heterocycles. The number of nitrogens with zero attached hydrogens (tertiary/aromatic N) is 1. The molecule has 0 aliphatic carbocycles. The Morgan fingerprint density at radius 2 is 2.00 bits per heavy atom. The van der Waals surface area contributed by atoms with Crippen molar-refractivity contribution < 1.29 is 4.74 Å². The van der Waals surface area contributed by atoms with Crippen LogP contribution in [-0.2, 0) is 4.74 Å². The second-order valence-corrected chi connectivity index (χ2v) is 4.05. The van der Waals surface area contributed by atoms with Gasteiger partial charge < -0.3 is 10.1 Å². The molecular weight excluding hydrogens is 200 g/mol. The summed E-state index contributed by atoms with van der Waals surface area (Å²) in [4.78, 5) is 0. The first kappa shape index (κ1) is 12.5. The Bertz CT molecular complexity index is 353. The van der Waals surface area contributed by atoms with Crippen LogP contribution in [0.1, 0.15) is 12.5 Å². The van der Waals surface area contributed by atoms with Crippen LogP contribution in [0.5, 0.6) is 0 Å². The molecule has 0 fully saturated rings. The molecule has 2 atom stereocenters. The van der Waals surface area contributed by atoms with Gasteiger partial charge in [0.1, 0.15) is 6.04 Å². The van der Waals surface area contributed by atoms with Crippen molar-refractivity contribution in [2.45, 2.75) is 19.9 Å². The van der Waals surface area contributed by atoms with Crippen molar-refractivity contribution in [3.05, 3.63) is 29.8 Å². The fourth-order valence-corrected chi connectivity index (χ4v) is 1.49. The Morgan fingerprint density at radius 1 is 1.38 bits per heavy atom.